The van der Waals surface area contributed by atoms with Crippen LogP contribution in [0.2, 0.25) is 0 Å². The smallest absolute Gasteiger partial charge is 0.262 e. The van der Waals surface area contributed by atoms with Crippen molar-refractivity contribution < 1.29 is 14.3 Å². The number of carbonyl (C=O) groups excluding carboxylic acids is 2. The highest BCUT2D eigenvalue weighted by Crippen LogP contribution is 2.27. The van der Waals surface area contributed by atoms with Crippen LogP contribution >= 0.6 is 12.2 Å². The van der Waals surface area contributed by atoms with Crippen molar-refractivity contribution in [1.82, 2.24) is 5.32 Å². The van der Waals surface area contributed by atoms with Crippen molar-refractivity contribution in [2.45, 2.75) is 33.6 Å². The monoisotopic (exact) mass is 399 g/mol. The number of benzene rings is 2. The van der Waals surface area contributed by atoms with Crippen LogP contribution < -0.4 is 20.7 Å². The van der Waals surface area contributed by atoms with Gasteiger partial charge in [-0.15, -0.1) is 0 Å². The summed E-state index contributed by atoms with van der Waals surface area (Å²) in [5.41, 5.74) is 3.50. The Bertz CT molecular complexity index is 864. The van der Waals surface area contributed by atoms with Crippen molar-refractivity contribution in [1.29, 1.82) is 0 Å². The van der Waals surface area contributed by atoms with E-state index in [0.29, 0.717) is 17.3 Å². The maximum Gasteiger partial charge on any atom is 0.262 e. The normalized spacial score (nSPS) is 10.3. The number of nitrogens with one attached hydrogen (secondary N) is 3. The van der Waals surface area contributed by atoms with Crippen LogP contribution in [0.1, 0.15) is 37.8 Å². The van der Waals surface area contributed by atoms with Crippen molar-refractivity contribution in [3.8, 4) is 5.75 Å². The Balaban J connectivity index is 1.91. The summed E-state index contributed by atoms with van der Waals surface area (Å²) >= 11 is 5.00. The van der Waals surface area contributed by atoms with Crippen LogP contribution in [0.4, 0.5) is 11.4 Å². The predicted molar refractivity (Wildman–Crippen MR) is 116 cm³/mol. The van der Waals surface area contributed by atoms with Gasteiger partial charge in [0.25, 0.3) is 5.91 Å². The average molecular weight is 400 g/mol. The first-order valence-electron chi connectivity index (χ1n) is 8.96. The molecule has 148 valence electrons. The van der Waals surface area contributed by atoms with Crippen LogP contribution in [-0.2, 0) is 9.59 Å². The van der Waals surface area contributed by atoms with E-state index in [4.69, 9.17) is 17.0 Å². The summed E-state index contributed by atoms with van der Waals surface area (Å²) < 4.78 is 5.74. The molecule has 0 bridgehead atoms. The largest absolute Gasteiger partial charge is 0.483 e. The van der Waals surface area contributed by atoms with E-state index >= 15 is 0 Å². The first-order chi connectivity index (χ1) is 13.2. The minimum absolute atomic E-state index is 0.0736. The Morgan fingerprint density at radius 2 is 1.64 bits per heavy atom. The third-order valence-electron chi connectivity index (χ3n) is 3.87. The number of rotatable bonds is 6. The molecule has 0 heterocycles. The predicted octanol–water partition coefficient (Wildman–Crippen LogP) is 3.97. The number of amides is 2. The Morgan fingerprint density at radius 3 is 2.21 bits per heavy atom. The molecule has 0 fully saturated rings. The van der Waals surface area contributed by atoms with Gasteiger partial charge in [0.05, 0.1) is 0 Å². The minimum Gasteiger partial charge on any atom is -0.483 e. The molecule has 6 nitrogen and oxygen atoms in total. The summed E-state index contributed by atoms with van der Waals surface area (Å²) in [6, 6.07) is 13.0. The van der Waals surface area contributed by atoms with E-state index in [1.807, 2.05) is 25.1 Å². The molecule has 2 aromatic carbocycles. The molecular weight excluding hydrogens is 374 g/mol. The molecule has 0 aliphatic carbocycles. The van der Waals surface area contributed by atoms with Gasteiger partial charge in [0, 0.05) is 18.3 Å². The van der Waals surface area contributed by atoms with Crippen LogP contribution in [0.25, 0.3) is 0 Å². The molecule has 2 amide bonds. The van der Waals surface area contributed by atoms with Gasteiger partial charge in [-0.2, -0.15) is 0 Å². The highest BCUT2D eigenvalue weighted by atomic mass is 32.1. The molecule has 2 rings (SSSR count). The van der Waals surface area contributed by atoms with Gasteiger partial charge in [0.2, 0.25) is 5.91 Å². The zero-order chi connectivity index (χ0) is 20.7. The van der Waals surface area contributed by atoms with Gasteiger partial charge in [-0.25, -0.2) is 0 Å². The Morgan fingerprint density at radius 1 is 1.04 bits per heavy atom. The van der Waals surface area contributed by atoms with Gasteiger partial charge in [0.15, 0.2) is 11.7 Å². The van der Waals surface area contributed by atoms with Crippen molar-refractivity contribution in [3.63, 3.8) is 0 Å². The summed E-state index contributed by atoms with van der Waals surface area (Å²) in [4.78, 5) is 23.2. The van der Waals surface area contributed by atoms with E-state index in [-0.39, 0.29) is 23.5 Å². The van der Waals surface area contributed by atoms with E-state index in [2.05, 4.69) is 29.8 Å². The fourth-order valence-electron chi connectivity index (χ4n) is 2.54. The van der Waals surface area contributed by atoms with Crippen molar-refractivity contribution in [2.24, 2.45) is 0 Å². The molecule has 28 heavy (non-hydrogen) atoms. The number of hydrogen-bond donors (Lipinski definition) is 3. The summed E-state index contributed by atoms with van der Waals surface area (Å²) in [6.07, 6.45) is 0. The van der Waals surface area contributed by atoms with Gasteiger partial charge in [0.1, 0.15) is 5.75 Å². The van der Waals surface area contributed by atoms with Gasteiger partial charge < -0.3 is 20.7 Å². The van der Waals surface area contributed by atoms with Gasteiger partial charge in [-0.05, 0) is 66.5 Å². The van der Waals surface area contributed by atoms with E-state index in [0.717, 1.165) is 16.9 Å². The third kappa shape index (κ3) is 6.66. The lowest BCUT2D eigenvalue weighted by Gasteiger charge is -2.15. The average Bonchev–Trinajstić information content (AvgIpc) is 2.60. The molecule has 0 saturated carbocycles. The number of anilines is 2. The molecule has 2 aromatic rings. The minimum atomic E-state index is -0.245. The molecular formula is C21H25N3O3S. The summed E-state index contributed by atoms with van der Waals surface area (Å²) in [5.74, 6) is 0.555. The molecule has 0 saturated heterocycles. The topological polar surface area (TPSA) is 79.5 Å². The van der Waals surface area contributed by atoms with E-state index in [1.165, 1.54) is 6.92 Å². The molecule has 0 aromatic heterocycles. The standard InChI is InChI=1S/C21H25N3O3S/c1-13(2)18-10-5-14(3)11-19(18)27-12-20(26)23-16-6-8-17(9-7-16)24-21(28)22-15(4)25/h5-11,13H,12H2,1-4H3,(H,23,26)(H2,22,24,25,28). The lowest BCUT2D eigenvalue weighted by atomic mass is 10.0. The van der Waals surface area contributed by atoms with Crippen LogP contribution in [0.15, 0.2) is 42.5 Å². The molecule has 0 spiro atoms. The lowest BCUT2D eigenvalue weighted by Crippen LogP contribution is -2.32. The number of ether oxygens (including phenoxy) is 1. The molecule has 0 aliphatic rings. The van der Waals surface area contributed by atoms with Crippen LogP contribution in [0.5, 0.6) is 5.75 Å². The second-order valence-corrected chi connectivity index (χ2v) is 7.15. The third-order valence-corrected chi connectivity index (χ3v) is 4.07. The number of thiocarbonyl (C=S) groups is 1. The number of hydrogen-bond acceptors (Lipinski definition) is 4. The van der Waals surface area contributed by atoms with Gasteiger partial charge in [-0.3, -0.25) is 9.59 Å². The quantitative estimate of drug-likeness (QED) is 0.641. The fourth-order valence-corrected chi connectivity index (χ4v) is 2.80. The Kier molecular flexibility index (Phi) is 7.52. The van der Waals surface area contributed by atoms with Crippen LogP contribution in [0.3, 0.4) is 0 Å². The van der Waals surface area contributed by atoms with E-state index in [1.54, 1.807) is 24.3 Å². The van der Waals surface area contributed by atoms with Gasteiger partial charge in [-0.1, -0.05) is 26.0 Å². The maximum atomic E-state index is 12.2. The maximum absolute atomic E-state index is 12.2. The number of aryl methyl sites for hydroxylation is 1. The summed E-state index contributed by atoms with van der Waals surface area (Å²) in [7, 11) is 0. The second-order valence-electron chi connectivity index (χ2n) is 6.75. The van der Waals surface area contributed by atoms with Crippen molar-refractivity contribution >= 4 is 40.5 Å². The highest BCUT2D eigenvalue weighted by Gasteiger charge is 2.10. The molecule has 0 unspecified atom stereocenters. The van der Waals surface area contributed by atoms with Crippen LogP contribution in [0, 0.1) is 6.92 Å². The fraction of sp³-hybridized carbons (Fsp3) is 0.286. The lowest BCUT2D eigenvalue weighted by molar-refractivity contribution is -0.118. The highest BCUT2D eigenvalue weighted by molar-refractivity contribution is 7.80. The number of carbonyl (C=O) groups is 2. The second kappa shape index (κ2) is 9.85. The SMILES string of the molecule is CC(=O)NC(=S)Nc1ccc(NC(=O)COc2cc(C)ccc2C(C)C)cc1. The summed E-state index contributed by atoms with van der Waals surface area (Å²) in [6.45, 7) is 7.48. The molecule has 0 atom stereocenters. The van der Waals surface area contributed by atoms with Crippen LogP contribution in [-0.4, -0.2) is 23.5 Å². The van der Waals surface area contributed by atoms with E-state index < -0.39 is 0 Å². The summed E-state index contributed by atoms with van der Waals surface area (Å²) in [5, 5.41) is 8.38. The van der Waals surface area contributed by atoms with Crippen molar-refractivity contribution in [3.05, 3.63) is 53.6 Å². The molecule has 0 aliphatic heterocycles. The first kappa shape index (κ1) is 21.4. The zero-order valence-electron chi connectivity index (χ0n) is 16.5. The van der Waals surface area contributed by atoms with Gasteiger partial charge >= 0.3 is 0 Å². The zero-order valence-corrected chi connectivity index (χ0v) is 17.3. The Hall–Kier alpha value is -2.93. The van der Waals surface area contributed by atoms with E-state index in [9.17, 15) is 9.59 Å². The van der Waals surface area contributed by atoms with Crippen molar-refractivity contribution in [2.75, 3.05) is 17.2 Å². The Labute approximate surface area is 170 Å². The molecule has 0 radical (unpaired) electrons. The molecule has 3 N–H and O–H groups in total. The first-order valence-corrected chi connectivity index (χ1v) is 9.37. The molecule has 7 heteroatoms.